The lowest BCUT2D eigenvalue weighted by Gasteiger charge is -2.18. The van der Waals surface area contributed by atoms with Crippen LogP contribution >= 0.6 is 0 Å². The first kappa shape index (κ1) is 32.5. The van der Waals surface area contributed by atoms with Crippen LogP contribution in [0.3, 0.4) is 0 Å². The normalized spacial score (nSPS) is 12.2. The van der Waals surface area contributed by atoms with Gasteiger partial charge in [-0.05, 0) is 100 Å². The summed E-state index contributed by atoms with van der Waals surface area (Å²) in [6, 6.07) is 27.4. The smallest absolute Gasteiger partial charge is 0.129 e. The minimum Gasteiger partial charge on any atom is -0.368 e. The number of benzene rings is 2. The molecule has 0 saturated heterocycles. The number of rotatable bonds is 12. The van der Waals surface area contributed by atoms with E-state index >= 15 is 0 Å². The SMILES string of the molecule is Cc1cc(Nc2ccccc2)cnc1NC(C)CC(C)C.Cc1nc(NC(C)CC(C)C)ccc1Nc1ccccc1. The number of anilines is 6. The van der Waals surface area contributed by atoms with Crippen molar-refractivity contribution in [2.24, 2.45) is 11.8 Å². The van der Waals surface area contributed by atoms with E-state index in [1.807, 2.05) is 67.7 Å². The van der Waals surface area contributed by atoms with Gasteiger partial charge < -0.3 is 21.3 Å². The van der Waals surface area contributed by atoms with Crippen LogP contribution in [0.4, 0.5) is 34.4 Å². The highest BCUT2D eigenvalue weighted by atomic mass is 15.0. The first-order valence-corrected chi connectivity index (χ1v) is 15.2. The second kappa shape index (κ2) is 16.4. The zero-order valence-electron chi connectivity index (χ0n) is 26.7. The third kappa shape index (κ3) is 11.4. The fourth-order valence-electron chi connectivity index (χ4n) is 4.95. The number of aromatic nitrogens is 2. The Balaban J connectivity index is 0.000000230. The van der Waals surface area contributed by atoms with E-state index in [4.69, 9.17) is 0 Å². The number of aryl methyl sites for hydroxylation is 2. The summed E-state index contributed by atoms with van der Waals surface area (Å²) in [6.07, 6.45) is 4.17. The molecule has 2 aromatic carbocycles. The molecule has 4 rings (SSSR count). The van der Waals surface area contributed by atoms with Crippen molar-refractivity contribution >= 4 is 34.4 Å². The van der Waals surface area contributed by atoms with E-state index in [0.717, 1.165) is 58.5 Å². The Hall–Kier alpha value is -4.06. The monoisotopic (exact) mass is 566 g/mol. The third-order valence-electron chi connectivity index (χ3n) is 6.71. The van der Waals surface area contributed by atoms with E-state index in [1.54, 1.807) is 0 Å². The van der Waals surface area contributed by atoms with Gasteiger partial charge in [0.25, 0.3) is 0 Å². The number of pyridine rings is 2. The molecule has 2 heterocycles. The fraction of sp³-hybridized carbons (Fsp3) is 0.389. The van der Waals surface area contributed by atoms with Crippen LogP contribution in [0.25, 0.3) is 0 Å². The molecule has 6 nitrogen and oxygen atoms in total. The number of nitrogens with zero attached hydrogens (tertiary/aromatic N) is 2. The van der Waals surface area contributed by atoms with Crippen LogP contribution < -0.4 is 21.3 Å². The zero-order chi connectivity index (χ0) is 30.5. The number of hydrogen-bond donors (Lipinski definition) is 4. The molecule has 0 saturated carbocycles. The first-order valence-electron chi connectivity index (χ1n) is 15.2. The average molecular weight is 567 g/mol. The fourth-order valence-corrected chi connectivity index (χ4v) is 4.95. The molecule has 4 aromatic rings. The summed E-state index contributed by atoms with van der Waals surface area (Å²) in [4.78, 5) is 9.19. The predicted molar refractivity (Wildman–Crippen MR) is 182 cm³/mol. The molecule has 4 N–H and O–H groups in total. The van der Waals surface area contributed by atoms with Gasteiger partial charge >= 0.3 is 0 Å². The van der Waals surface area contributed by atoms with Crippen molar-refractivity contribution in [3.63, 3.8) is 0 Å². The van der Waals surface area contributed by atoms with Gasteiger partial charge in [-0.1, -0.05) is 64.1 Å². The Labute approximate surface area is 253 Å². The van der Waals surface area contributed by atoms with E-state index in [0.29, 0.717) is 23.9 Å². The molecule has 0 bridgehead atoms. The molecule has 0 aliphatic heterocycles. The molecule has 224 valence electrons. The maximum atomic E-state index is 4.64. The summed E-state index contributed by atoms with van der Waals surface area (Å²) in [7, 11) is 0. The molecule has 6 heteroatoms. The molecule has 0 amide bonds. The molecular weight excluding hydrogens is 516 g/mol. The van der Waals surface area contributed by atoms with Crippen molar-refractivity contribution in [1.82, 2.24) is 9.97 Å². The van der Waals surface area contributed by atoms with Gasteiger partial charge in [0.05, 0.1) is 23.3 Å². The van der Waals surface area contributed by atoms with E-state index in [2.05, 4.69) is 104 Å². The van der Waals surface area contributed by atoms with Gasteiger partial charge in [0.2, 0.25) is 0 Å². The zero-order valence-corrected chi connectivity index (χ0v) is 26.7. The predicted octanol–water partition coefficient (Wildman–Crippen LogP) is 9.96. The van der Waals surface area contributed by atoms with Crippen LogP contribution in [0.5, 0.6) is 0 Å². The minimum absolute atomic E-state index is 0.434. The summed E-state index contributed by atoms with van der Waals surface area (Å²) in [5, 5.41) is 13.7. The highest BCUT2D eigenvalue weighted by molar-refractivity contribution is 5.63. The van der Waals surface area contributed by atoms with Crippen molar-refractivity contribution in [3.8, 4) is 0 Å². The quantitative estimate of drug-likeness (QED) is 0.137. The van der Waals surface area contributed by atoms with Crippen LogP contribution in [0.1, 0.15) is 65.6 Å². The van der Waals surface area contributed by atoms with E-state index in [9.17, 15) is 0 Å². The highest BCUT2D eigenvalue weighted by Crippen LogP contribution is 2.23. The molecular formula is C36H50N6. The molecule has 0 aliphatic carbocycles. The third-order valence-corrected chi connectivity index (χ3v) is 6.71. The lowest BCUT2D eigenvalue weighted by molar-refractivity contribution is 0.538. The van der Waals surface area contributed by atoms with Crippen molar-refractivity contribution < 1.29 is 0 Å². The maximum Gasteiger partial charge on any atom is 0.129 e. The largest absolute Gasteiger partial charge is 0.368 e. The Morgan fingerprint density at radius 1 is 0.619 bits per heavy atom. The Bertz CT molecular complexity index is 1340. The standard InChI is InChI=1S/2C18H25N3/c1-13(2)10-15(4)20-18-14(3)11-17(12-19-18)21-16-8-6-5-7-9-16;1-13(2)12-14(3)19-18-11-10-17(15(4)20-18)21-16-8-6-5-7-9-16/h5-9,11-13,15,21H,10H2,1-4H3,(H,19,20);5-11,13-14,21H,12H2,1-4H3,(H,19,20). The van der Waals surface area contributed by atoms with Gasteiger partial charge in [0.1, 0.15) is 11.6 Å². The van der Waals surface area contributed by atoms with E-state index in [-0.39, 0.29) is 0 Å². The Kier molecular flexibility index (Phi) is 12.7. The number of hydrogen-bond acceptors (Lipinski definition) is 6. The van der Waals surface area contributed by atoms with Crippen LogP contribution in [0.15, 0.2) is 85.1 Å². The molecule has 42 heavy (non-hydrogen) atoms. The highest BCUT2D eigenvalue weighted by Gasteiger charge is 2.09. The molecule has 0 spiro atoms. The van der Waals surface area contributed by atoms with E-state index < -0.39 is 0 Å². The van der Waals surface area contributed by atoms with Crippen molar-refractivity contribution in [2.75, 3.05) is 21.3 Å². The summed E-state index contributed by atoms with van der Waals surface area (Å²) in [6.45, 7) is 17.5. The Morgan fingerprint density at radius 3 is 1.69 bits per heavy atom. The average Bonchev–Trinajstić information content (AvgIpc) is 2.92. The summed E-state index contributed by atoms with van der Waals surface area (Å²) in [5.41, 5.74) is 6.38. The van der Waals surface area contributed by atoms with Gasteiger partial charge in [-0.15, -0.1) is 0 Å². The molecule has 2 atom stereocenters. The van der Waals surface area contributed by atoms with Crippen LogP contribution in [0, 0.1) is 25.7 Å². The second-order valence-corrected chi connectivity index (χ2v) is 12.1. The molecule has 2 aromatic heterocycles. The van der Waals surface area contributed by atoms with Gasteiger partial charge in [0, 0.05) is 23.5 Å². The molecule has 0 aliphatic rings. The summed E-state index contributed by atoms with van der Waals surface area (Å²) < 4.78 is 0. The van der Waals surface area contributed by atoms with Gasteiger partial charge in [-0.3, -0.25) is 0 Å². The Morgan fingerprint density at radius 2 is 1.17 bits per heavy atom. The number of nitrogens with one attached hydrogen (secondary N) is 4. The van der Waals surface area contributed by atoms with Crippen molar-refractivity contribution in [3.05, 3.63) is 96.3 Å². The lowest BCUT2D eigenvalue weighted by atomic mass is 10.1. The molecule has 0 radical (unpaired) electrons. The lowest BCUT2D eigenvalue weighted by Crippen LogP contribution is -2.18. The van der Waals surface area contributed by atoms with Crippen molar-refractivity contribution in [2.45, 2.75) is 80.3 Å². The van der Waals surface area contributed by atoms with Gasteiger partial charge in [-0.25, -0.2) is 9.97 Å². The topological polar surface area (TPSA) is 73.9 Å². The van der Waals surface area contributed by atoms with Gasteiger partial charge in [-0.2, -0.15) is 0 Å². The molecule has 0 fully saturated rings. The first-order chi connectivity index (χ1) is 20.1. The number of para-hydroxylation sites is 2. The maximum absolute atomic E-state index is 4.64. The van der Waals surface area contributed by atoms with Crippen molar-refractivity contribution in [1.29, 1.82) is 0 Å². The van der Waals surface area contributed by atoms with Gasteiger partial charge in [0.15, 0.2) is 0 Å². The molecule has 2 unspecified atom stereocenters. The summed E-state index contributed by atoms with van der Waals surface area (Å²) >= 11 is 0. The summed E-state index contributed by atoms with van der Waals surface area (Å²) in [5.74, 6) is 3.29. The van der Waals surface area contributed by atoms with Crippen LogP contribution in [-0.4, -0.2) is 22.1 Å². The minimum atomic E-state index is 0.434. The van der Waals surface area contributed by atoms with E-state index in [1.165, 1.54) is 0 Å². The van der Waals surface area contributed by atoms with Crippen LogP contribution in [0.2, 0.25) is 0 Å². The second-order valence-electron chi connectivity index (χ2n) is 12.1. The van der Waals surface area contributed by atoms with Crippen LogP contribution in [-0.2, 0) is 0 Å².